The molecule has 4 nitrogen and oxygen atoms in total. The zero-order valence-corrected chi connectivity index (χ0v) is 12.5. The molecule has 0 radical (unpaired) electrons. The number of hydrogen-bond acceptors (Lipinski definition) is 3. The first-order valence-corrected chi connectivity index (χ1v) is 8.91. The highest BCUT2D eigenvalue weighted by molar-refractivity contribution is 7.91. The van der Waals surface area contributed by atoms with E-state index in [4.69, 9.17) is 12.2 Å². The summed E-state index contributed by atoms with van der Waals surface area (Å²) in [5.41, 5.74) is -0.391. The molecule has 0 aromatic rings. The molecule has 104 valence electrons. The standard InChI is InChI=1S/C12H22N2O2S2/c1-12(7-8-18(15,16)9-12)14-11(17)13-10-5-3-2-4-6-10/h10H,2-9H2,1H3,(H2,13,14,17). The molecule has 18 heavy (non-hydrogen) atoms. The summed E-state index contributed by atoms with van der Waals surface area (Å²) in [5, 5.41) is 7.14. The number of thiocarbonyl (C=S) groups is 1. The van der Waals surface area contributed by atoms with Crippen LogP contribution in [0.5, 0.6) is 0 Å². The zero-order valence-electron chi connectivity index (χ0n) is 10.9. The quantitative estimate of drug-likeness (QED) is 0.752. The topological polar surface area (TPSA) is 58.2 Å². The molecule has 0 spiro atoms. The second-order valence-corrected chi connectivity index (χ2v) is 8.43. The van der Waals surface area contributed by atoms with E-state index in [1.165, 1.54) is 19.3 Å². The average molecular weight is 290 g/mol. The maximum absolute atomic E-state index is 11.5. The molecule has 2 N–H and O–H groups in total. The maximum Gasteiger partial charge on any atom is 0.166 e. The van der Waals surface area contributed by atoms with Gasteiger partial charge in [0.05, 0.1) is 17.0 Å². The third-order valence-corrected chi connectivity index (χ3v) is 5.98. The van der Waals surface area contributed by atoms with Crippen LogP contribution in [0.25, 0.3) is 0 Å². The SMILES string of the molecule is CC1(NC(=S)NC2CCCCC2)CCS(=O)(=O)C1. The molecule has 0 bridgehead atoms. The van der Waals surface area contributed by atoms with E-state index in [9.17, 15) is 8.42 Å². The maximum atomic E-state index is 11.5. The van der Waals surface area contributed by atoms with E-state index >= 15 is 0 Å². The van der Waals surface area contributed by atoms with Crippen molar-refractivity contribution in [3.63, 3.8) is 0 Å². The summed E-state index contributed by atoms with van der Waals surface area (Å²) >= 11 is 5.30. The Labute approximate surface area is 115 Å². The van der Waals surface area contributed by atoms with Gasteiger partial charge in [0, 0.05) is 6.04 Å². The Morgan fingerprint density at radius 3 is 2.50 bits per heavy atom. The van der Waals surface area contributed by atoms with Gasteiger partial charge >= 0.3 is 0 Å². The van der Waals surface area contributed by atoms with Crippen LogP contribution in [0.15, 0.2) is 0 Å². The Balaban J connectivity index is 1.84. The largest absolute Gasteiger partial charge is 0.360 e. The number of sulfone groups is 1. The van der Waals surface area contributed by atoms with Gasteiger partial charge in [-0.25, -0.2) is 8.42 Å². The molecule has 6 heteroatoms. The fourth-order valence-corrected chi connectivity index (χ4v) is 5.36. The Morgan fingerprint density at radius 1 is 1.28 bits per heavy atom. The van der Waals surface area contributed by atoms with Gasteiger partial charge in [-0.2, -0.15) is 0 Å². The van der Waals surface area contributed by atoms with Crippen molar-refractivity contribution in [2.45, 2.75) is 57.0 Å². The Morgan fingerprint density at radius 2 is 1.94 bits per heavy atom. The van der Waals surface area contributed by atoms with Crippen LogP contribution in [0.4, 0.5) is 0 Å². The molecule has 1 heterocycles. The van der Waals surface area contributed by atoms with E-state index in [1.807, 2.05) is 6.92 Å². The number of rotatable bonds is 2. The highest BCUT2D eigenvalue weighted by Crippen LogP contribution is 2.23. The van der Waals surface area contributed by atoms with Crippen LogP contribution in [-0.2, 0) is 9.84 Å². The third-order valence-electron chi connectivity index (χ3n) is 3.86. The first-order chi connectivity index (χ1) is 8.39. The predicted molar refractivity (Wildman–Crippen MR) is 77.4 cm³/mol. The lowest BCUT2D eigenvalue weighted by molar-refractivity contribution is 0.402. The molecule has 0 aromatic carbocycles. The van der Waals surface area contributed by atoms with Gasteiger partial charge in [-0.1, -0.05) is 19.3 Å². The molecular formula is C12H22N2O2S2. The van der Waals surface area contributed by atoms with E-state index in [0.29, 0.717) is 17.6 Å². The fraction of sp³-hybridized carbons (Fsp3) is 0.917. The van der Waals surface area contributed by atoms with Crippen molar-refractivity contribution in [1.29, 1.82) is 0 Å². The van der Waals surface area contributed by atoms with Crippen molar-refractivity contribution in [3.05, 3.63) is 0 Å². The molecule has 0 aromatic heterocycles. The van der Waals surface area contributed by atoms with Gasteiger partial charge in [0.25, 0.3) is 0 Å². The molecule has 1 saturated heterocycles. The molecule has 2 aliphatic rings. The monoisotopic (exact) mass is 290 g/mol. The summed E-state index contributed by atoms with van der Waals surface area (Å²) in [4.78, 5) is 0. The molecule has 1 aliphatic heterocycles. The van der Waals surface area contributed by atoms with Crippen LogP contribution in [-0.4, -0.2) is 36.6 Å². The van der Waals surface area contributed by atoms with Gasteiger partial charge in [0.2, 0.25) is 0 Å². The molecule has 0 amide bonds. The lowest BCUT2D eigenvalue weighted by Gasteiger charge is -2.30. The Bertz CT molecular complexity index is 416. The summed E-state index contributed by atoms with van der Waals surface area (Å²) in [6.07, 6.45) is 6.79. The smallest absolute Gasteiger partial charge is 0.166 e. The fourth-order valence-electron chi connectivity index (χ4n) is 2.85. The third kappa shape index (κ3) is 3.82. The van der Waals surface area contributed by atoms with Crippen LogP contribution in [0.3, 0.4) is 0 Å². The molecule has 2 fully saturated rings. The lowest BCUT2D eigenvalue weighted by atomic mass is 9.95. The first-order valence-electron chi connectivity index (χ1n) is 6.68. The Hall–Kier alpha value is -0.360. The van der Waals surface area contributed by atoms with Gasteiger partial charge < -0.3 is 10.6 Å². The summed E-state index contributed by atoms with van der Waals surface area (Å²) < 4.78 is 23.0. The second kappa shape index (κ2) is 5.33. The van der Waals surface area contributed by atoms with Gasteiger partial charge in [0.15, 0.2) is 14.9 Å². The minimum Gasteiger partial charge on any atom is -0.360 e. The normalized spacial score (nSPS) is 32.1. The summed E-state index contributed by atoms with van der Waals surface area (Å²) in [7, 11) is -2.88. The summed E-state index contributed by atoms with van der Waals surface area (Å²) in [6, 6.07) is 0.459. The van der Waals surface area contributed by atoms with Gasteiger partial charge in [0.1, 0.15) is 0 Å². The molecule has 2 rings (SSSR count). The summed E-state index contributed by atoms with van der Waals surface area (Å²) in [6.45, 7) is 1.94. The zero-order chi connectivity index (χ0) is 13.2. The highest BCUT2D eigenvalue weighted by Gasteiger charge is 2.38. The predicted octanol–water partition coefficient (Wildman–Crippen LogP) is 1.36. The molecule has 1 aliphatic carbocycles. The molecule has 1 atom stereocenters. The second-order valence-electron chi connectivity index (χ2n) is 5.84. The Kier molecular flexibility index (Phi) is 4.16. The van der Waals surface area contributed by atoms with Crippen LogP contribution in [0.1, 0.15) is 45.4 Å². The van der Waals surface area contributed by atoms with Crippen LogP contribution >= 0.6 is 12.2 Å². The van der Waals surface area contributed by atoms with E-state index in [2.05, 4.69) is 10.6 Å². The molecule has 1 saturated carbocycles. The molecular weight excluding hydrogens is 268 g/mol. The minimum atomic E-state index is -2.88. The lowest BCUT2D eigenvalue weighted by Crippen LogP contribution is -2.53. The van der Waals surface area contributed by atoms with Gasteiger partial charge in [-0.15, -0.1) is 0 Å². The van der Waals surface area contributed by atoms with E-state index < -0.39 is 15.4 Å². The minimum absolute atomic E-state index is 0.187. The van der Waals surface area contributed by atoms with Crippen molar-refractivity contribution >= 4 is 27.2 Å². The van der Waals surface area contributed by atoms with Crippen molar-refractivity contribution < 1.29 is 8.42 Å². The van der Waals surface area contributed by atoms with Gasteiger partial charge in [-0.3, -0.25) is 0 Å². The van der Waals surface area contributed by atoms with E-state index in [-0.39, 0.29) is 11.5 Å². The van der Waals surface area contributed by atoms with Crippen molar-refractivity contribution in [3.8, 4) is 0 Å². The summed E-state index contributed by atoms with van der Waals surface area (Å²) in [5.74, 6) is 0.453. The average Bonchev–Trinajstić information content (AvgIpc) is 2.53. The highest BCUT2D eigenvalue weighted by atomic mass is 32.2. The van der Waals surface area contributed by atoms with E-state index in [1.54, 1.807) is 0 Å². The van der Waals surface area contributed by atoms with Crippen molar-refractivity contribution in [1.82, 2.24) is 10.6 Å². The van der Waals surface area contributed by atoms with Gasteiger partial charge in [-0.05, 0) is 38.4 Å². The van der Waals surface area contributed by atoms with Crippen LogP contribution in [0.2, 0.25) is 0 Å². The van der Waals surface area contributed by atoms with Crippen LogP contribution < -0.4 is 10.6 Å². The molecule has 1 unspecified atom stereocenters. The number of hydrogen-bond donors (Lipinski definition) is 2. The van der Waals surface area contributed by atoms with Crippen LogP contribution in [0, 0.1) is 0 Å². The van der Waals surface area contributed by atoms with E-state index in [0.717, 1.165) is 12.8 Å². The first kappa shape index (κ1) is 14.1. The van der Waals surface area contributed by atoms with Crippen molar-refractivity contribution in [2.75, 3.05) is 11.5 Å². The van der Waals surface area contributed by atoms with Crippen molar-refractivity contribution in [2.24, 2.45) is 0 Å². The number of nitrogens with one attached hydrogen (secondary N) is 2.